The second-order valence-electron chi connectivity index (χ2n) is 9.09. The Balaban J connectivity index is 1.49. The van der Waals surface area contributed by atoms with Crippen molar-refractivity contribution in [3.8, 4) is 11.5 Å². The maximum atomic E-state index is 10.3. The van der Waals surface area contributed by atoms with Crippen LogP contribution in [-0.2, 0) is 0 Å². The summed E-state index contributed by atoms with van der Waals surface area (Å²) in [4.78, 5) is 14.2. The number of hydrogen-bond donors (Lipinski definition) is 3. The zero-order valence-corrected chi connectivity index (χ0v) is 18.8. The fraction of sp³-hybridized carbons (Fsp3) is 0.522. The summed E-state index contributed by atoms with van der Waals surface area (Å²) in [6.07, 6.45) is 7.44. The minimum Gasteiger partial charge on any atom is -0.497 e. The highest BCUT2D eigenvalue weighted by Crippen LogP contribution is 2.38. The van der Waals surface area contributed by atoms with Gasteiger partial charge in [-0.15, -0.1) is 0 Å². The fourth-order valence-corrected chi connectivity index (χ4v) is 4.27. The molecule has 0 amide bonds. The molecule has 2 fully saturated rings. The summed E-state index contributed by atoms with van der Waals surface area (Å²) < 4.78 is 12.9. The maximum absolute atomic E-state index is 10.3. The number of anilines is 3. The van der Waals surface area contributed by atoms with E-state index in [9.17, 15) is 5.11 Å². The molecule has 5 rings (SSSR count). The molecule has 0 bridgehead atoms. The lowest BCUT2D eigenvalue weighted by atomic mass is 9.84. The number of aromatic nitrogens is 4. The minimum absolute atomic E-state index is 0.231. The Bertz CT molecular complexity index is 1090. The van der Waals surface area contributed by atoms with Crippen LogP contribution >= 0.6 is 0 Å². The molecule has 3 N–H and O–H groups in total. The van der Waals surface area contributed by atoms with E-state index in [0.717, 1.165) is 55.4 Å². The first-order chi connectivity index (χ1) is 15.4. The lowest BCUT2D eigenvalue weighted by Crippen LogP contribution is -2.36. The highest BCUT2D eigenvalue weighted by molar-refractivity contribution is 5.87. The van der Waals surface area contributed by atoms with Gasteiger partial charge in [-0.3, -0.25) is 0 Å². The highest BCUT2D eigenvalue weighted by Gasteiger charge is 2.30. The second-order valence-corrected chi connectivity index (χ2v) is 9.09. The van der Waals surface area contributed by atoms with Gasteiger partial charge in [0.25, 0.3) is 0 Å². The van der Waals surface area contributed by atoms with Crippen molar-refractivity contribution in [2.75, 3.05) is 24.9 Å². The summed E-state index contributed by atoms with van der Waals surface area (Å²) >= 11 is 0. The van der Waals surface area contributed by atoms with E-state index < -0.39 is 5.60 Å². The normalized spacial score (nSPS) is 23.2. The van der Waals surface area contributed by atoms with Crippen molar-refractivity contribution in [3.63, 3.8) is 0 Å². The van der Waals surface area contributed by atoms with Crippen molar-refractivity contribution in [1.82, 2.24) is 19.5 Å². The Labute approximate surface area is 187 Å². The molecule has 32 heavy (non-hydrogen) atoms. The van der Waals surface area contributed by atoms with Crippen LogP contribution in [0.15, 0.2) is 24.5 Å². The van der Waals surface area contributed by atoms with Crippen molar-refractivity contribution in [3.05, 3.63) is 24.5 Å². The Hall–Kier alpha value is -3.07. The third-order valence-corrected chi connectivity index (χ3v) is 6.37. The number of hydrogen-bond acceptors (Lipinski definition) is 8. The van der Waals surface area contributed by atoms with Crippen LogP contribution in [0, 0.1) is 0 Å². The number of benzene rings is 1. The van der Waals surface area contributed by atoms with Crippen LogP contribution in [0.3, 0.4) is 0 Å². The second kappa shape index (κ2) is 8.12. The molecule has 0 saturated heterocycles. The van der Waals surface area contributed by atoms with E-state index in [2.05, 4.69) is 20.2 Å². The number of methoxy groups -OCH3 is 2. The predicted molar refractivity (Wildman–Crippen MR) is 123 cm³/mol. The molecule has 9 heteroatoms. The zero-order chi connectivity index (χ0) is 22.3. The number of aliphatic hydroxyl groups is 1. The topological polar surface area (TPSA) is 106 Å². The first-order valence-electron chi connectivity index (χ1n) is 11.2. The average molecular weight is 439 g/mol. The lowest BCUT2D eigenvalue weighted by molar-refractivity contribution is 0.0196. The van der Waals surface area contributed by atoms with E-state index >= 15 is 0 Å². The van der Waals surface area contributed by atoms with Gasteiger partial charge in [0.05, 0.1) is 26.1 Å². The molecule has 1 aromatic carbocycles. The summed E-state index contributed by atoms with van der Waals surface area (Å²) in [6, 6.07) is 6.30. The quantitative estimate of drug-likeness (QED) is 0.508. The van der Waals surface area contributed by atoms with E-state index in [1.807, 2.05) is 31.5 Å². The van der Waals surface area contributed by atoms with Crippen molar-refractivity contribution in [2.45, 2.75) is 63.1 Å². The van der Waals surface area contributed by atoms with Crippen LogP contribution < -0.4 is 20.1 Å². The molecular weight excluding hydrogens is 408 g/mol. The van der Waals surface area contributed by atoms with E-state index in [4.69, 9.17) is 19.4 Å². The lowest BCUT2D eigenvalue weighted by Gasteiger charge is -2.33. The van der Waals surface area contributed by atoms with Crippen molar-refractivity contribution in [2.24, 2.45) is 0 Å². The first kappa shape index (κ1) is 20.8. The van der Waals surface area contributed by atoms with E-state index in [0.29, 0.717) is 29.3 Å². The van der Waals surface area contributed by atoms with Gasteiger partial charge in [0.15, 0.2) is 17.0 Å². The van der Waals surface area contributed by atoms with Crippen LogP contribution in [0.25, 0.3) is 11.2 Å². The van der Waals surface area contributed by atoms with Gasteiger partial charge >= 0.3 is 0 Å². The van der Waals surface area contributed by atoms with E-state index in [1.165, 1.54) is 0 Å². The van der Waals surface area contributed by atoms with Gasteiger partial charge in [0.2, 0.25) is 5.95 Å². The molecule has 170 valence electrons. The summed E-state index contributed by atoms with van der Waals surface area (Å²) in [7, 11) is 3.25. The Morgan fingerprint density at radius 1 is 1.03 bits per heavy atom. The van der Waals surface area contributed by atoms with Gasteiger partial charge in [-0.25, -0.2) is 4.98 Å². The Kier molecular flexibility index (Phi) is 5.28. The molecule has 2 aliphatic rings. The molecule has 3 aromatic rings. The fourth-order valence-electron chi connectivity index (χ4n) is 4.27. The molecule has 2 aliphatic carbocycles. The van der Waals surface area contributed by atoms with Gasteiger partial charge in [0.1, 0.15) is 11.5 Å². The van der Waals surface area contributed by atoms with Crippen molar-refractivity contribution >= 4 is 28.6 Å². The Morgan fingerprint density at radius 3 is 2.34 bits per heavy atom. The monoisotopic (exact) mass is 438 g/mol. The van der Waals surface area contributed by atoms with E-state index in [1.54, 1.807) is 14.2 Å². The highest BCUT2D eigenvalue weighted by atomic mass is 16.5. The van der Waals surface area contributed by atoms with Gasteiger partial charge < -0.3 is 29.8 Å². The standard InChI is InChI=1S/C23H30N6O3/c1-23(30)8-6-14(7-9-23)26-22-27-20(19-21(28-22)29(13-24-19)16-4-5-16)25-15-10-17(31-2)12-18(11-15)32-3/h10-14,16,30H,4-9H2,1-3H3,(H2,25,26,27,28). The number of rotatable bonds is 7. The van der Waals surface area contributed by atoms with Crippen LogP contribution in [-0.4, -0.2) is 50.5 Å². The average Bonchev–Trinajstić information content (AvgIpc) is 3.54. The molecule has 0 aliphatic heterocycles. The SMILES string of the molecule is COc1cc(Nc2nc(NC3CCC(C)(O)CC3)nc3c2ncn3C2CC2)cc(OC)c1. The third-order valence-electron chi connectivity index (χ3n) is 6.37. The molecule has 2 heterocycles. The molecule has 0 atom stereocenters. The molecule has 2 saturated carbocycles. The van der Waals surface area contributed by atoms with E-state index in [-0.39, 0.29) is 6.04 Å². The number of imidazole rings is 1. The summed E-state index contributed by atoms with van der Waals surface area (Å²) in [5.74, 6) is 2.58. The maximum Gasteiger partial charge on any atom is 0.227 e. The van der Waals surface area contributed by atoms with Gasteiger partial charge in [-0.05, 0) is 45.4 Å². The minimum atomic E-state index is -0.578. The van der Waals surface area contributed by atoms with Crippen LogP contribution in [0.1, 0.15) is 51.5 Å². The Morgan fingerprint density at radius 2 is 1.72 bits per heavy atom. The molecule has 0 spiro atoms. The number of fused-ring (bicyclic) bond motifs is 1. The zero-order valence-electron chi connectivity index (χ0n) is 18.8. The van der Waals surface area contributed by atoms with Gasteiger partial charge in [-0.2, -0.15) is 9.97 Å². The number of ether oxygens (including phenoxy) is 2. The molecule has 2 aromatic heterocycles. The largest absolute Gasteiger partial charge is 0.497 e. The van der Waals surface area contributed by atoms with Crippen LogP contribution in [0.4, 0.5) is 17.5 Å². The molecule has 9 nitrogen and oxygen atoms in total. The summed E-state index contributed by atoms with van der Waals surface area (Å²) in [5.41, 5.74) is 1.77. The summed E-state index contributed by atoms with van der Waals surface area (Å²) in [6.45, 7) is 1.91. The molecule has 0 unspecified atom stereocenters. The smallest absolute Gasteiger partial charge is 0.227 e. The molecular formula is C23H30N6O3. The molecule has 0 radical (unpaired) electrons. The van der Waals surface area contributed by atoms with Gasteiger partial charge in [0, 0.05) is 36.0 Å². The number of nitrogens with one attached hydrogen (secondary N) is 2. The van der Waals surface area contributed by atoms with Crippen LogP contribution in [0.5, 0.6) is 11.5 Å². The van der Waals surface area contributed by atoms with Crippen molar-refractivity contribution in [1.29, 1.82) is 0 Å². The van der Waals surface area contributed by atoms with Crippen LogP contribution in [0.2, 0.25) is 0 Å². The third kappa shape index (κ3) is 4.29. The van der Waals surface area contributed by atoms with Crippen molar-refractivity contribution < 1.29 is 14.6 Å². The summed E-state index contributed by atoms with van der Waals surface area (Å²) in [5, 5.41) is 17.2. The predicted octanol–water partition coefficient (Wildman–Crippen LogP) is 4.03. The van der Waals surface area contributed by atoms with Gasteiger partial charge in [-0.1, -0.05) is 0 Å². The number of nitrogens with zero attached hydrogens (tertiary/aromatic N) is 4. The first-order valence-corrected chi connectivity index (χ1v) is 11.2.